The Morgan fingerprint density at radius 1 is 1.56 bits per heavy atom. The Morgan fingerprint density at radius 2 is 2.22 bits per heavy atom. The van der Waals surface area contributed by atoms with Crippen LogP contribution in [-0.2, 0) is 0 Å². The van der Waals surface area contributed by atoms with Crippen LogP contribution in [0.3, 0.4) is 0 Å². The quantitative estimate of drug-likeness (QED) is 0.466. The Morgan fingerprint density at radius 3 is 2.67 bits per heavy atom. The molecule has 0 spiro atoms. The Hall–Kier alpha value is -2.00. The van der Waals surface area contributed by atoms with Crippen molar-refractivity contribution in [3.8, 4) is 17.6 Å². The predicted octanol–water partition coefficient (Wildman–Crippen LogP) is 2.83. The molecule has 0 amide bonds. The van der Waals surface area contributed by atoms with Crippen molar-refractivity contribution in [3.63, 3.8) is 0 Å². The molecule has 0 bridgehead atoms. The van der Waals surface area contributed by atoms with Gasteiger partial charge < -0.3 is 9.47 Å². The summed E-state index contributed by atoms with van der Waals surface area (Å²) < 4.78 is 10.3. The number of nitrogens with zero attached hydrogens (tertiary/aromatic N) is 2. The Labute approximate surface area is 109 Å². The molecule has 0 aliphatic rings. The van der Waals surface area contributed by atoms with Gasteiger partial charge in [-0.1, -0.05) is 18.5 Å². The zero-order chi connectivity index (χ0) is 13.7. The molecular weight excluding hydrogens is 260 g/mol. The van der Waals surface area contributed by atoms with Gasteiger partial charge in [-0.05, 0) is 6.42 Å². The SMILES string of the molecule is CCC(Cl)Oc1cc([N+](=O)[O-])c(C#N)cc1OC. The van der Waals surface area contributed by atoms with Crippen molar-refractivity contribution >= 4 is 17.3 Å². The van der Waals surface area contributed by atoms with Crippen LogP contribution >= 0.6 is 11.6 Å². The predicted molar refractivity (Wildman–Crippen MR) is 64.9 cm³/mol. The lowest BCUT2D eigenvalue weighted by Gasteiger charge is -2.13. The number of hydrogen-bond acceptors (Lipinski definition) is 5. The zero-order valence-electron chi connectivity index (χ0n) is 9.84. The van der Waals surface area contributed by atoms with Crippen LogP contribution in [0.15, 0.2) is 12.1 Å². The molecular formula is C11H11ClN2O4. The summed E-state index contributed by atoms with van der Waals surface area (Å²) in [6.45, 7) is 1.81. The lowest BCUT2D eigenvalue weighted by molar-refractivity contribution is -0.385. The Bertz CT molecular complexity index is 499. The molecule has 0 aromatic heterocycles. The first-order valence-corrected chi connectivity index (χ1v) is 5.54. The summed E-state index contributed by atoms with van der Waals surface area (Å²) in [5, 5.41) is 19.6. The van der Waals surface area contributed by atoms with E-state index in [4.69, 9.17) is 26.3 Å². The molecule has 7 heteroatoms. The van der Waals surface area contributed by atoms with Gasteiger partial charge in [0.15, 0.2) is 17.1 Å². The first-order valence-electron chi connectivity index (χ1n) is 5.10. The molecule has 0 saturated carbocycles. The maximum Gasteiger partial charge on any atom is 0.291 e. The van der Waals surface area contributed by atoms with E-state index < -0.39 is 10.5 Å². The molecule has 0 fully saturated rings. The monoisotopic (exact) mass is 270 g/mol. The van der Waals surface area contributed by atoms with Crippen LogP contribution in [0, 0.1) is 21.4 Å². The topological polar surface area (TPSA) is 85.4 Å². The van der Waals surface area contributed by atoms with Crippen LogP contribution in [0.25, 0.3) is 0 Å². The zero-order valence-corrected chi connectivity index (χ0v) is 10.6. The molecule has 1 aromatic rings. The fraction of sp³-hybridized carbons (Fsp3) is 0.364. The van der Waals surface area contributed by atoms with Gasteiger partial charge in [-0.25, -0.2) is 0 Å². The highest BCUT2D eigenvalue weighted by molar-refractivity contribution is 6.19. The fourth-order valence-electron chi connectivity index (χ4n) is 1.26. The number of hydrogen-bond donors (Lipinski definition) is 0. The number of nitro groups is 1. The highest BCUT2D eigenvalue weighted by Crippen LogP contribution is 2.35. The van der Waals surface area contributed by atoms with Gasteiger partial charge in [0.25, 0.3) is 5.69 Å². The van der Waals surface area contributed by atoms with Crippen LogP contribution in [0.4, 0.5) is 5.69 Å². The molecule has 0 aliphatic carbocycles. The molecule has 1 atom stereocenters. The van der Waals surface area contributed by atoms with Crippen LogP contribution < -0.4 is 9.47 Å². The van der Waals surface area contributed by atoms with E-state index in [-0.39, 0.29) is 22.7 Å². The number of methoxy groups -OCH3 is 1. The van der Waals surface area contributed by atoms with E-state index in [2.05, 4.69) is 0 Å². The maximum absolute atomic E-state index is 10.8. The molecule has 0 aliphatic heterocycles. The normalized spacial score (nSPS) is 11.4. The van der Waals surface area contributed by atoms with E-state index in [0.717, 1.165) is 6.07 Å². The van der Waals surface area contributed by atoms with Gasteiger partial charge in [0.1, 0.15) is 11.6 Å². The third-order valence-electron chi connectivity index (χ3n) is 2.17. The van der Waals surface area contributed by atoms with Crippen molar-refractivity contribution in [1.29, 1.82) is 5.26 Å². The van der Waals surface area contributed by atoms with Crippen molar-refractivity contribution in [2.75, 3.05) is 7.11 Å². The van der Waals surface area contributed by atoms with E-state index >= 15 is 0 Å². The Kier molecular flexibility index (Phi) is 4.75. The summed E-state index contributed by atoms with van der Waals surface area (Å²) in [6.07, 6.45) is 0.526. The number of nitriles is 1. The third kappa shape index (κ3) is 3.02. The minimum atomic E-state index is -0.653. The first-order chi connectivity index (χ1) is 8.53. The summed E-state index contributed by atoms with van der Waals surface area (Å²) in [7, 11) is 1.38. The van der Waals surface area contributed by atoms with Crippen molar-refractivity contribution in [3.05, 3.63) is 27.8 Å². The second kappa shape index (κ2) is 6.07. The standard InChI is InChI=1S/C11H11ClN2O4/c1-3-11(12)18-10-5-8(14(15)16)7(6-13)4-9(10)17-2/h4-5,11H,3H2,1-2H3. The summed E-state index contributed by atoms with van der Waals surface area (Å²) in [6, 6.07) is 4.13. The molecule has 1 aromatic carbocycles. The highest BCUT2D eigenvalue weighted by atomic mass is 35.5. The lowest BCUT2D eigenvalue weighted by Crippen LogP contribution is -2.08. The van der Waals surface area contributed by atoms with Crippen molar-refractivity contribution in [2.45, 2.75) is 18.9 Å². The smallest absolute Gasteiger partial charge is 0.291 e. The number of rotatable bonds is 5. The molecule has 18 heavy (non-hydrogen) atoms. The van der Waals surface area contributed by atoms with Crippen molar-refractivity contribution < 1.29 is 14.4 Å². The van der Waals surface area contributed by atoms with E-state index in [1.807, 2.05) is 6.92 Å². The van der Waals surface area contributed by atoms with Crippen molar-refractivity contribution in [2.24, 2.45) is 0 Å². The van der Waals surface area contributed by atoms with Crippen LogP contribution in [-0.4, -0.2) is 17.6 Å². The number of nitro benzene ring substituents is 1. The van der Waals surface area contributed by atoms with Crippen LogP contribution in [0.1, 0.15) is 18.9 Å². The summed E-state index contributed by atoms with van der Waals surface area (Å²) in [5.74, 6) is 0.376. The second-order valence-electron chi connectivity index (χ2n) is 3.33. The summed E-state index contributed by atoms with van der Waals surface area (Å²) in [4.78, 5) is 10.2. The molecule has 0 saturated heterocycles. The number of benzene rings is 1. The second-order valence-corrected chi connectivity index (χ2v) is 3.81. The average Bonchev–Trinajstić information content (AvgIpc) is 2.37. The molecule has 1 rings (SSSR count). The van der Waals surface area contributed by atoms with Crippen molar-refractivity contribution in [1.82, 2.24) is 0 Å². The third-order valence-corrected chi connectivity index (χ3v) is 2.57. The maximum atomic E-state index is 10.8. The Balaban J connectivity index is 3.28. The number of ether oxygens (including phenoxy) is 2. The molecule has 0 heterocycles. The minimum absolute atomic E-state index is 0.0909. The van der Waals surface area contributed by atoms with E-state index in [1.165, 1.54) is 13.2 Å². The first kappa shape index (κ1) is 14.1. The fourth-order valence-corrected chi connectivity index (χ4v) is 1.36. The van der Waals surface area contributed by atoms with E-state index in [9.17, 15) is 10.1 Å². The molecule has 0 radical (unpaired) electrons. The molecule has 1 unspecified atom stereocenters. The van der Waals surface area contributed by atoms with Gasteiger partial charge in [0.2, 0.25) is 0 Å². The molecule has 96 valence electrons. The van der Waals surface area contributed by atoms with E-state index in [1.54, 1.807) is 6.07 Å². The summed E-state index contributed by atoms with van der Waals surface area (Å²) >= 11 is 5.82. The van der Waals surface area contributed by atoms with Gasteiger partial charge in [-0.2, -0.15) is 5.26 Å². The van der Waals surface area contributed by atoms with E-state index in [0.29, 0.717) is 6.42 Å². The largest absolute Gasteiger partial charge is 0.493 e. The average molecular weight is 271 g/mol. The molecule has 6 nitrogen and oxygen atoms in total. The lowest BCUT2D eigenvalue weighted by atomic mass is 10.1. The summed E-state index contributed by atoms with van der Waals surface area (Å²) in [5.41, 5.74) is -1.05. The molecule has 0 N–H and O–H groups in total. The number of halogens is 1. The van der Waals surface area contributed by atoms with Gasteiger partial charge >= 0.3 is 0 Å². The highest BCUT2D eigenvalue weighted by Gasteiger charge is 2.20. The van der Waals surface area contributed by atoms with Gasteiger partial charge in [0.05, 0.1) is 18.1 Å². The van der Waals surface area contributed by atoms with Gasteiger partial charge in [-0.15, -0.1) is 0 Å². The minimum Gasteiger partial charge on any atom is -0.493 e. The van der Waals surface area contributed by atoms with Crippen LogP contribution in [0.5, 0.6) is 11.5 Å². The van der Waals surface area contributed by atoms with Crippen LogP contribution in [0.2, 0.25) is 0 Å². The van der Waals surface area contributed by atoms with Gasteiger partial charge in [0, 0.05) is 6.07 Å². The van der Waals surface area contributed by atoms with Gasteiger partial charge in [-0.3, -0.25) is 10.1 Å². The number of alkyl halides is 1.